The van der Waals surface area contributed by atoms with Gasteiger partial charge in [-0.25, -0.2) is 4.79 Å². The highest BCUT2D eigenvalue weighted by Crippen LogP contribution is 2.43. The Morgan fingerprint density at radius 3 is 2.40 bits per heavy atom. The number of ether oxygens (including phenoxy) is 3. The number of hydrogen-bond donors (Lipinski definition) is 1. The molecule has 4 aliphatic rings. The predicted molar refractivity (Wildman–Crippen MR) is 199 cm³/mol. The van der Waals surface area contributed by atoms with Crippen molar-refractivity contribution in [2.75, 3.05) is 49.7 Å². The van der Waals surface area contributed by atoms with Gasteiger partial charge in [0.1, 0.15) is 11.4 Å². The van der Waals surface area contributed by atoms with Crippen LogP contribution in [-0.4, -0.2) is 90.7 Å². The summed E-state index contributed by atoms with van der Waals surface area (Å²) in [5.41, 5.74) is 0.301. The molecule has 0 spiro atoms. The van der Waals surface area contributed by atoms with Crippen molar-refractivity contribution < 1.29 is 34.8 Å². The summed E-state index contributed by atoms with van der Waals surface area (Å²) in [7, 11) is 1.64. The second-order valence-corrected chi connectivity index (χ2v) is 16.4. The second-order valence-electron chi connectivity index (χ2n) is 16.4. The molecule has 0 unspecified atom stereocenters. The summed E-state index contributed by atoms with van der Waals surface area (Å²) in [4.78, 5) is 65.1. The van der Waals surface area contributed by atoms with Gasteiger partial charge in [-0.3, -0.25) is 19.4 Å². The third-order valence-corrected chi connectivity index (χ3v) is 10.7. The lowest BCUT2D eigenvalue weighted by Crippen LogP contribution is -2.55. The molecule has 2 saturated carbocycles. The molecular weight excluding hydrogens is 662 g/mol. The number of methoxy groups -OCH3 is 1. The van der Waals surface area contributed by atoms with Crippen LogP contribution in [0.2, 0.25) is 0 Å². The number of amides is 3. The highest BCUT2D eigenvalue weighted by Gasteiger charge is 2.45. The summed E-state index contributed by atoms with van der Waals surface area (Å²) >= 11 is 0. The number of nitrogens with one attached hydrogen (secondary N) is 1. The topological polar surface area (TPSA) is 131 Å². The van der Waals surface area contributed by atoms with Gasteiger partial charge in [-0.1, -0.05) is 12.8 Å². The lowest BCUT2D eigenvalue weighted by atomic mass is 9.83. The number of carbonyl (C=O) groups is 4. The normalized spacial score (nSPS) is 22.3. The number of fused-ring (bicyclic) bond motifs is 1. The number of Topliss-reactive ketones (excluding diaryl/α,β-unsaturated/α-hetero) is 1. The average Bonchev–Trinajstić information content (AvgIpc) is 3.84. The number of nitrogens with zero attached hydrogens (tertiary/aromatic N) is 4. The van der Waals surface area contributed by atoms with E-state index in [2.05, 4.69) is 15.2 Å². The molecule has 0 radical (unpaired) electrons. The van der Waals surface area contributed by atoms with Gasteiger partial charge in [-0.15, -0.1) is 0 Å². The van der Waals surface area contributed by atoms with Crippen LogP contribution < -0.4 is 19.9 Å². The monoisotopic (exact) mass is 719 g/mol. The Labute approximate surface area is 309 Å². The van der Waals surface area contributed by atoms with E-state index in [1.54, 1.807) is 38.3 Å². The van der Waals surface area contributed by atoms with Gasteiger partial charge < -0.3 is 34.2 Å². The fourth-order valence-electron chi connectivity index (χ4n) is 7.91. The van der Waals surface area contributed by atoms with E-state index in [9.17, 15) is 19.2 Å². The van der Waals surface area contributed by atoms with E-state index in [-0.39, 0.29) is 44.7 Å². The molecule has 52 heavy (non-hydrogen) atoms. The Kier molecular flexibility index (Phi) is 10.9. The van der Waals surface area contributed by atoms with Crippen LogP contribution in [-0.2, 0) is 29.4 Å². The van der Waals surface area contributed by atoms with Gasteiger partial charge >= 0.3 is 6.09 Å². The van der Waals surface area contributed by atoms with Crippen molar-refractivity contribution >= 4 is 35.1 Å². The van der Waals surface area contributed by atoms with Gasteiger partial charge in [0.15, 0.2) is 11.4 Å². The Hall–Kier alpha value is -4.19. The van der Waals surface area contributed by atoms with Crippen LogP contribution in [0.5, 0.6) is 5.75 Å². The van der Waals surface area contributed by atoms with Crippen LogP contribution in [0, 0.1) is 11.8 Å². The number of likely N-dealkylation sites (tertiary alicyclic amines) is 1. The van der Waals surface area contributed by atoms with Gasteiger partial charge in [-0.2, -0.15) is 0 Å². The van der Waals surface area contributed by atoms with E-state index in [1.165, 1.54) is 4.90 Å². The number of aromatic nitrogens is 1. The minimum Gasteiger partial charge on any atom is -0.476 e. The molecule has 2 aliphatic heterocycles. The second kappa shape index (κ2) is 15.0. The van der Waals surface area contributed by atoms with E-state index in [4.69, 9.17) is 14.2 Å². The largest absolute Gasteiger partial charge is 0.476 e. The Balaban J connectivity index is 0.00000541. The van der Waals surface area contributed by atoms with Crippen molar-refractivity contribution in [1.29, 1.82) is 0 Å². The summed E-state index contributed by atoms with van der Waals surface area (Å²) in [6.07, 6.45) is 9.52. The lowest BCUT2D eigenvalue weighted by molar-refractivity contribution is -0.133. The zero-order chi connectivity index (χ0) is 37.3. The van der Waals surface area contributed by atoms with Crippen LogP contribution in [0.15, 0.2) is 42.7 Å². The maximum atomic E-state index is 14.4. The smallest absolute Gasteiger partial charge is 0.410 e. The van der Waals surface area contributed by atoms with Gasteiger partial charge in [0.25, 0.3) is 5.91 Å². The first-order valence-electron chi connectivity index (χ1n) is 18.8. The zero-order valence-corrected chi connectivity index (χ0v) is 31.6. The molecule has 2 atom stereocenters. The zero-order valence-electron chi connectivity index (χ0n) is 31.6. The summed E-state index contributed by atoms with van der Waals surface area (Å²) < 4.78 is 17.2. The van der Waals surface area contributed by atoms with Gasteiger partial charge in [0.2, 0.25) is 5.91 Å². The van der Waals surface area contributed by atoms with Crippen LogP contribution in [0.1, 0.15) is 93.0 Å². The minimum atomic E-state index is -1.01. The molecule has 3 fully saturated rings. The number of hydrogen-bond acceptors (Lipinski definition) is 9. The molecule has 1 N–H and O–H groups in total. The van der Waals surface area contributed by atoms with E-state index in [1.807, 2.05) is 51.1 Å². The van der Waals surface area contributed by atoms with Crippen molar-refractivity contribution in [2.24, 2.45) is 11.8 Å². The van der Waals surface area contributed by atoms with Gasteiger partial charge in [0, 0.05) is 64.8 Å². The third kappa shape index (κ3) is 8.37. The van der Waals surface area contributed by atoms with Crippen molar-refractivity contribution in [2.45, 2.75) is 109 Å². The van der Waals surface area contributed by atoms with Crippen LogP contribution in [0.25, 0.3) is 0 Å². The molecule has 1 saturated heterocycles. The Bertz CT molecular complexity index is 1640. The molecule has 2 aromatic rings. The number of benzene rings is 1. The van der Waals surface area contributed by atoms with Crippen LogP contribution in [0.3, 0.4) is 0 Å². The molecule has 3 heterocycles. The Morgan fingerprint density at radius 2 is 1.75 bits per heavy atom. The van der Waals surface area contributed by atoms with Crippen molar-refractivity contribution in [3.63, 3.8) is 0 Å². The fraction of sp³-hybridized carbons (Fsp3) is 0.625. The van der Waals surface area contributed by atoms with Crippen LogP contribution >= 0.6 is 0 Å². The maximum Gasteiger partial charge on any atom is 0.410 e. The number of anilines is 2. The lowest BCUT2D eigenvalue weighted by Gasteiger charge is -2.40. The van der Waals surface area contributed by atoms with Gasteiger partial charge in [0.05, 0.1) is 23.7 Å². The Morgan fingerprint density at radius 1 is 1.06 bits per heavy atom. The number of piperidine rings is 1. The molecule has 3 amide bonds. The van der Waals surface area contributed by atoms with E-state index in [0.717, 1.165) is 49.8 Å². The minimum absolute atomic E-state index is 0. The molecule has 12 nitrogen and oxygen atoms in total. The molecule has 2 aliphatic carbocycles. The van der Waals surface area contributed by atoms with E-state index in [0.29, 0.717) is 37.4 Å². The van der Waals surface area contributed by atoms with E-state index < -0.39 is 34.7 Å². The summed E-state index contributed by atoms with van der Waals surface area (Å²) in [5.74, 6) is -0.842. The number of carbonyl (C=O) groups excluding carboxylic acids is 4. The number of pyridine rings is 1. The molecule has 6 rings (SSSR count). The molecule has 12 heteroatoms. The highest BCUT2D eigenvalue weighted by molar-refractivity contribution is 6.03. The van der Waals surface area contributed by atoms with Crippen molar-refractivity contribution in [3.05, 3.63) is 48.3 Å². The number of rotatable bonds is 12. The summed E-state index contributed by atoms with van der Waals surface area (Å²) in [5, 5.41) is 3.38. The first-order chi connectivity index (χ1) is 24.7. The average molecular weight is 720 g/mol. The SMILES string of the molecule is COCCCN1C(=O)C(C)(C)Oc2ccc(N(CC(=O)[C@@H]3C[C@H](C(=O)NC4(c5ccncc5)CCCC4)CN(C(=O)OC(C)(C)C)C3)C3CC3)cc21.[HH]. The van der Waals surface area contributed by atoms with Crippen molar-refractivity contribution in [3.8, 4) is 5.75 Å². The molecule has 1 aromatic heterocycles. The van der Waals surface area contributed by atoms with Crippen LogP contribution in [0.4, 0.5) is 16.2 Å². The maximum absolute atomic E-state index is 14.4. The quantitative estimate of drug-likeness (QED) is 0.268. The summed E-state index contributed by atoms with van der Waals surface area (Å²) in [6.45, 7) is 10.5. The standard InChI is InChI=1S/C40H55N5O7.H2/c1-38(2,3)52-37(49)43-24-27(22-28(25-43)35(47)42-40(16-7-8-17-40)29-14-18-41-19-15-29)33(46)26-45(30-10-11-30)31-12-13-34-32(23-31)44(20-9-21-50-6)36(48)39(4,5)51-34;/h12-15,18-19,23,27-28,30H,7-11,16-17,20-22,24-26H2,1-6H3,(H,42,47);1H/t27-,28+;/m1./s1. The van der Waals surface area contributed by atoms with E-state index >= 15 is 0 Å². The summed E-state index contributed by atoms with van der Waals surface area (Å²) in [6, 6.07) is 9.88. The van der Waals surface area contributed by atoms with Gasteiger partial charge in [-0.05, 0) is 109 Å². The first-order valence-corrected chi connectivity index (χ1v) is 18.8. The molecular formula is C40H57N5O7. The van der Waals surface area contributed by atoms with Crippen molar-refractivity contribution in [1.82, 2.24) is 15.2 Å². The molecule has 284 valence electrons. The predicted octanol–water partition coefficient (Wildman–Crippen LogP) is 5.86. The molecule has 1 aromatic carbocycles. The number of ketones is 1. The third-order valence-electron chi connectivity index (χ3n) is 10.7. The highest BCUT2D eigenvalue weighted by atomic mass is 16.6. The fourth-order valence-corrected chi connectivity index (χ4v) is 7.91. The molecule has 0 bridgehead atoms. The first kappa shape index (κ1) is 37.6.